The Labute approximate surface area is 165 Å². The Morgan fingerprint density at radius 3 is 2.39 bits per heavy atom. The third-order valence-corrected chi connectivity index (χ3v) is 5.60. The van der Waals surface area contributed by atoms with Gasteiger partial charge in [0.25, 0.3) is 0 Å². The van der Waals surface area contributed by atoms with Gasteiger partial charge in [-0.2, -0.15) is 0 Å². The first-order chi connectivity index (χ1) is 13.5. The van der Waals surface area contributed by atoms with Crippen LogP contribution in [0.4, 0.5) is 5.69 Å². The molecule has 1 heterocycles. The molecular formula is C23H26N2O3. The van der Waals surface area contributed by atoms with Crippen LogP contribution < -0.4 is 9.64 Å². The van der Waals surface area contributed by atoms with Gasteiger partial charge in [-0.15, -0.1) is 0 Å². The van der Waals surface area contributed by atoms with Gasteiger partial charge in [-0.1, -0.05) is 29.8 Å². The quantitative estimate of drug-likeness (QED) is 0.772. The molecule has 2 aromatic carbocycles. The molecule has 1 aliphatic heterocycles. The van der Waals surface area contributed by atoms with Gasteiger partial charge < -0.3 is 14.5 Å². The number of carbonyl (C=O) groups excluding carboxylic acids is 2. The number of methoxy groups -OCH3 is 1. The highest BCUT2D eigenvalue weighted by Crippen LogP contribution is 2.33. The fourth-order valence-electron chi connectivity index (χ4n) is 3.78. The molecule has 2 amide bonds. The van der Waals surface area contributed by atoms with Crippen LogP contribution in [-0.2, 0) is 16.1 Å². The fraction of sp³-hybridized carbons (Fsp3) is 0.391. The van der Waals surface area contributed by atoms with Crippen molar-refractivity contribution in [3.8, 4) is 5.75 Å². The fourth-order valence-corrected chi connectivity index (χ4v) is 3.78. The van der Waals surface area contributed by atoms with E-state index in [1.165, 1.54) is 5.56 Å². The number of carbonyl (C=O) groups is 2. The number of hydrogen-bond donors (Lipinski definition) is 0. The Bertz CT molecular complexity index is 856. The molecule has 28 heavy (non-hydrogen) atoms. The summed E-state index contributed by atoms with van der Waals surface area (Å²) in [4.78, 5) is 29.5. The Hall–Kier alpha value is -2.82. The average Bonchev–Trinajstić information content (AvgIpc) is 3.48. The standard InChI is InChI=1S/C23H26N2O3/c1-16-3-5-17(6-4-16)14-25(20-7-8-20)23(27)18-13-22(26)24(15-18)19-9-11-21(28-2)12-10-19/h3-6,9-12,18,20H,7-8,13-15H2,1-2H3. The van der Waals surface area contributed by atoms with E-state index in [2.05, 4.69) is 31.2 Å². The molecule has 1 aliphatic carbocycles. The predicted molar refractivity (Wildman–Crippen MR) is 108 cm³/mol. The maximum atomic E-state index is 13.2. The largest absolute Gasteiger partial charge is 0.497 e. The van der Waals surface area contributed by atoms with Crippen molar-refractivity contribution in [1.29, 1.82) is 0 Å². The smallest absolute Gasteiger partial charge is 0.228 e. The first kappa shape index (κ1) is 18.5. The first-order valence-corrected chi connectivity index (χ1v) is 9.85. The number of aryl methyl sites for hydroxylation is 1. The van der Waals surface area contributed by atoms with E-state index in [4.69, 9.17) is 4.74 Å². The van der Waals surface area contributed by atoms with Crippen LogP contribution in [0.2, 0.25) is 0 Å². The van der Waals surface area contributed by atoms with E-state index in [1.54, 1.807) is 12.0 Å². The lowest BCUT2D eigenvalue weighted by Gasteiger charge is -2.26. The molecule has 1 saturated heterocycles. The number of benzene rings is 2. The highest BCUT2D eigenvalue weighted by Gasteiger charge is 2.41. The van der Waals surface area contributed by atoms with Gasteiger partial charge >= 0.3 is 0 Å². The van der Waals surface area contributed by atoms with E-state index in [0.29, 0.717) is 19.1 Å². The summed E-state index contributed by atoms with van der Waals surface area (Å²) < 4.78 is 5.18. The van der Waals surface area contributed by atoms with Gasteiger partial charge in [-0.05, 0) is 49.6 Å². The predicted octanol–water partition coefficient (Wildman–Crippen LogP) is 3.55. The molecule has 4 rings (SSSR count). The van der Waals surface area contributed by atoms with Crippen molar-refractivity contribution in [3.05, 3.63) is 59.7 Å². The van der Waals surface area contributed by atoms with Crippen LogP contribution in [0, 0.1) is 12.8 Å². The van der Waals surface area contributed by atoms with Gasteiger partial charge in [0, 0.05) is 31.2 Å². The molecular weight excluding hydrogens is 352 g/mol. The van der Waals surface area contributed by atoms with Crippen LogP contribution in [0.25, 0.3) is 0 Å². The molecule has 2 fully saturated rings. The molecule has 5 heteroatoms. The Kier molecular flexibility index (Phi) is 5.07. The van der Waals surface area contributed by atoms with Crippen LogP contribution in [0.15, 0.2) is 48.5 Å². The summed E-state index contributed by atoms with van der Waals surface area (Å²) in [6.07, 6.45) is 2.39. The summed E-state index contributed by atoms with van der Waals surface area (Å²) >= 11 is 0. The number of anilines is 1. The molecule has 1 atom stereocenters. The molecule has 0 N–H and O–H groups in total. The number of amides is 2. The van der Waals surface area contributed by atoms with Gasteiger partial charge in [-0.3, -0.25) is 9.59 Å². The summed E-state index contributed by atoms with van der Waals surface area (Å²) in [5.74, 6) is 0.587. The Morgan fingerprint density at radius 2 is 1.79 bits per heavy atom. The minimum atomic E-state index is -0.277. The van der Waals surface area contributed by atoms with Crippen molar-refractivity contribution in [3.63, 3.8) is 0 Å². The van der Waals surface area contributed by atoms with Crippen molar-refractivity contribution in [2.75, 3.05) is 18.6 Å². The maximum absolute atomic E-state index is 13.2. The zero-order valence-electron chi connectivity index (χ0n) is 16.4. The highest BCUT2D eigenvalue weighted by molar-refractivity contribution is 6.00. The molecule has 146 valence electrons. The minimum absolute atomic E-state index is 0.00889. The lowest BCUT2D eigenvalue weighted by molar-refractivity contribution is -0.137. The minimum Gasteiger partial charge on any atom is -0.497 e. The second-order valence-corrected chi connectivity index (χ2v) is 7.79. The van der Waals surface area contributed by atoms with Crippen LogP contribution in [0.1, 0.15) is 30.4 Å². The zero-order valence-corrected chi connectivity index (χ0v) is 16.4. The number of hydrogen-bond acceptors (Lipinski definition) is 3. The van der Waals surface area contributed by atoms with Gasteiger partial charge in [0.2, 0.25) is 11.8 Å². The summed E-state index contributed by atoms with van der Waals surface area (Å²) in [5.41, 5.74) is 3.17. The van der Waals surface area contributed by atoms with E-state index in [0.717, 1.165) is 29.8 Å². The number of ether oxygens (including phenoxy) is 1. The van der Waals surface area contributed by atoms with E-state index in [-0.39, 0.29) is 24.2 Å². The van der Waals surface area contributed by atoms with Crippen LogP contribution in [-0.4, -0.2) is 36.4 Å². The van der Waals surface area contributed by atoms with E-state index >= 15 is 0 Å². The number of rotatable bonds is 6. The summed E-state index contributed by atoms with van der Waals surface area (Å²) in [6, 6.07) is 16.1. The third kappa shape index (κ3) is 3.88. The van der Waals surface area contributed by atoms with Crippen molar-refractivity contribution < 1.29 is 14.3 Å². The van der Waals surface area contributed by atoms with Crippen LogP contribution >= 0.6 is 0 Å². The summed E-state index contributed by atoms with van der Waals surface area (Å²) in [7, 11) is 1.62. The molecule has 1 saturated carbocycles. The lowest BCUT2D eigenvalue weighted by atomic mass is 10.1. The topological polar surface area (TPSA) is 49.9 Å². The van der Waals surface area contributed by atoms with Crippen molar-refractivity contribution >= 4 is 17.5 Å². The Balaban J connectivity index is 1.47. The Morgan fingerprint density at radius 1 is 1.11 bits per heavy atom. The molecule has 0 bridgehead atoms. The molecule has 0 radical (unpaired) electrons. The lowest BCUT2D eigenvalue weighted by Crippen LogP contribution is -2.38. The van der Waals surface area contributed by atoms with Crippen molar-refractivity contribution in [1.82, 2.24) is 4.90 Å². The van der Waals surface area contributed by atoms with Gasteiger partial charge in [-0.25, -0.2) is 0 Å². The SMILES string of the molecule is COc1ccc(N2CC(C(=O)N(Cc3ccc(C)cc3)C3CC3)CC2=O)cc1. The van der Waals surface area contributed by atoms with Crippen LogP contribution in [0.3, 0.4) is 0 Å². The van der Waals surface area contributed by atoms with E-state index < -0.39 is 0 Å². The maximum Gasteiger partial charge on any atom is 0.228 e. The monoisotopic (exact) mass is 378 g/mol. The summed E-state index contributed by atoms with van der Waals surface area (Å²) in [6.45, 7) is 3.13. The van der Waals surface area contributed by atoms with E-state index in [9.17, 15) is 9.59 Å². The molecule has 0 aromatic heterocycles. The molecule has 2 aromatic rings. The summed E-state index contributed by atoms with van der Waals surface area (Å²) in [5, 5.41) is 0. The average molecular weight is 378 g/mol. The second-order valence-electron chi connectivity index (χ2n) is 7.79. The molecule has 1 unspecified atom stereocenters. The van der Waals surface area contributed by atoms with Gasteiger partial charge in [0.15, 0.2) is 0 Å². The van der Waals surface area contributed by atoms with Gasteiger partial charge in [0.05, 0.1) is 13.0 Å². The van der Waals surface area contributed by atoms with Crippen molar-refractivity contribution in [2.45, 2.75) is 38.8 Å². The number of nitrogens with zero attached hydrogens (tertiary/aromatic N) is 2. The van der Waals surface area contributed by atoms with E-state index in [1.807, 2.05) is 29.2 Å². The molecule has 2 aliphatic rings. The van der Waals surface area contributed by atoms with Gasteiger partial charge in [0.1, 0.15) is 5.75 Å². The second kappa shape index (κ2) is 7.66. The third-order valence-electron chi connectivity index (χ3n) is 5.60. The highest BCUT2D eigenvalue weighted by atomic mass is 16.5. The van der Waals surface area contributed by atoms with Crippen molar-refractivity contribution in [2.24, 2.45) is 5.92 Å². The first-order valence-electron chi connectivity index (χ1n) is 9.85. The molecule has 0 spiro atoms. The zero-order chi connectivity index (χ0) is 19.7. The molecule has 5 nitrogen and oxygen atoms in total. The van der Waals surface area contributed by atoms with Crippen LogP contribution in [0.5, 0.6) is 5.75 Å². The normalized spacial score (nSPS) is 19.0.